The van der Waals surface area contributed by atoms with E-state index in [1.165, 1.54) is 22.3 Å². The van der Waals surface area contributed by atoms with Gasteiger partial charge < -0.3 is 11.5 Å². The first kappa shape index (κ1) is 10.7. The van der Waals surface area contributed by atoms with E-state index in [1.54, 1.807) is 0 Å². The Bertz CT molecular complexity index is 384. The van der Waals surface area contributed by atoms with Crippen LogP contribution in [0.3, 0.4) is 0 Å². The Kier molecular flexibility index (Phi) is 2.57. The molecule has 2 nitrogen and oxygen atoms in total. The summed E-state index contributed by atoms with van der Waals surface area (Å²) in [5.74, 6) is 0. The molecule has 0 radical (unpaired) electrons. The molecular weight excluding hydrogens is 184 g/mol. The molecule has 0 saturated carbocycles. The molecule has 1 aromatic carbocycles. The summed E-state index contributed by atoms with van der Waals surface area (Å²) in [4.78, 5) is 0. The van der Waals surface area contributed by atoms with Gasteiger partial charge in [0, 0.05) is 12.1 Å². The van der Waals surface area contributed by atoms with Gasteiger partial charge in [-0.15, -0.1) is 0 Å². The van der Waals surface area contributed by atoms with Crippen molar-refractivity contribution in [3.63, 3.8) is 0 Å². The lowest BCUT2D eigenvalue weighted by Crippen LogP contribution is -2.51. The van der Waals surface area contributed by atoms with E-state index >= 15 is 0 Å². The highest BCUT2D eigenvalue weighted by atomic mass is 14.8. The summed E-state index contributed by atoms with van der Waals surface area (Å²) in [6, 6.07) is 4.59. The largest absolute Gasteiger partial charge is 0.329 e. The molecule has 15 heavy (non-hydrogen) atoms. The van der Waals surface area contributed by atoms with E-state index in [4.69, 9.17) is 11.5 Å². The van der Waals surface area contributed by atoms with Crippen LogP contribution in [-0.2, 0) is 12.8 Å². The molecule has 1 aliphatic rings. The minimum atomic E-state index is -0.172. The van der Waals surface area contributed by atoms with Crippen molar-refractivity contribution in [2.45, 2.75) is 38.6 Å². The van der Waals surface area contributed by atoms with Gasteiger partial charge in [-0.1, -0.05) is 12.1 Å². The van der Waals surface area contributed by atoms with Crippen LogP contribution in [0.4, 0.5) is 0 Å². The van der Waals surface area contributed by atoms with E-state index in [0.717, 1.165) is 19.3 Å². The SMILES string of the molecule is Cc1cc2c(cc1C)CC(N)(CN)CC2. The highest BCUT2D eigenvalue weighted by molar-refractivity contribution is 5.40. The van der Waals surface area contributed by atoms with Crippen LogP contribution >= 0.6 is 0 Å². The highest BCUT2D eigenvalue weighted by Crippen LogP contribution is 2.28. The normalized spacial score (nSPS) is 25.1. The number of hydrogen-bond acceptors (Lipinski definition) is 2. The van der Waals surface area contributed by atoms with Crippen molar-refractivity contribution in [2.24, 2.45) is 11.5 Å². The van der Waals surface area contributed by atoms with Gasteiger partial charge in [-0.2, -0.15) is 0 Å². The van der Waals surface area contributed by atoms with Gasteiger partial charge in [-0.05, 0) is 55.4 Å². The Morgan fingerprint density at radius 2 is 1.80 bits per heavy atom. The van der Waals surface area contributed by atoms with Crippen molar-refractivity contribution < 1.29 is 0 Å². The maximum absolute atomic E-state index is 6.24. The van der Waals surface area contributed by atoms with E-state index in [1.807, 2.05) is 0 Å². The van der Waals surface area contributed by atoms with Crippen molar-refractivity contribution in [2.75, 3.05) is 6.54 Å². The first-order valence-corrected chi connectivity index (χ1v) is 5.62. The fourth-order valence-electron chi connectivity index (χ4n) is 2.36. The molecular formula is C13H20N2. The van der Waals surface area contributed by atoms with Crippen molar-refractivity contribution >= 4 is 0 Å². The highest BCUT2D eigenvalue weighted by Gasteiger charge is 2.29. The zero-order valence-corrected chi connectivity index (χ0v) is 9.64. The molecule has 0 heterocycles. The van der Waals surface area contributed by atoms with Gasteiger partial charge in [0.05, 0.1) is 0 Å². The Balaban J connectivity index is 2.38. The van der Waals surface area contributed by atoms with Gasteiger partial charge in [-0.25, -0.2) is 0 Å². The molecule has 0 spiro atoms. The maximum atomic E-state index is 6.24. The standard InChI is InChI=1S/C13H20N2/c1-9-5-11-3-4-13(15,8-14)7-12(11)6-10(9)2/h5-6H,3-4,7-8,14-15H2,1-2H3. The van der Waals surface area contributed by atoms with Crippen LogP contribution in [0.2, 0.25) is 0 Å². The number of fused-ring (bicyclic) bond motifs is 1. The molecule has 4 N–H and O–H groups in total. The predicted molar refractivity (Wildman–Crippen MR) is 63.9 cm³/mol. The first-order chi connectivity index (χ1) is 7.04. The fraction of sp³-hybridized carbons (Fsp3) is 0.538. The van der Waals surface area contributed by atoms with Gasteiger partial charge in [0.25, 0.3) is 0 Å². The van der Waals surface area contributed by atoms with Gasteiger partial charge in [0.1, 0.15) is 0 Å². The monoisotopic (exact) mass is 204 g/mol. The smallest absolute Gasteiger partial charge is 0.0322 e. The second-order valence-corrected chi connectivity index (χ2v) is 4.95. The van der Waals surface area contributed by atoms with Crippen LogP contribution in [0.1, 0.15) is 28.7 Å². The third kappa shape index (κ3) is 1.92. The van der Waals surface area contributed by atoms with Gasteiger partial charge in [0.15, 0.2) is 0 Å². The van der Waals surface area contributed by atoms with E-state index in [9.17, 15) is 0 Å². The summed E-state index contributed by atoms with van der Waals surface area (Å²) < 4.78 is 0. The summed E-state index contributed by atoms with van der Waals surface area (Å²) in [6.45, 7) is 4.91. The quantitative estimate of drug-likeness (QED) is 0.727. The third-order valence-corrected chi connectivity index (χ3v) is 3.66. The molecule has 2 heteroatoms. The van der Waals surface area contributed by atoms with E-state index < -0.39 is 0 Å². The summed E-state index contributed by atoms with van der Waals surface area (Å²) in [5, 5.41) is 0. The van der Waals surface area contributed by atoms with E-state index in [-0.39, 0.29) is 5.54 Å². The molecule has 1 unspecified atom stereocenters. The number of benzene rings is 1. The van der Waals surface area contributed by atoms with Crippen molar-refractivity contribution in [1.82, 2.24) is 0 Å². The van der Waals surface area contributed by atoms with Crippen LogP contribution in [0.15, 0.2) is 12.1 Å². The number of hydrogen-bond donors (Lipinski definition) is 2. The summed E-state index contributed by atoms with van der Waals surface area (Å²) >= 11 is 0. The van der Waals surface area contributed by atoms with Crippen molar-refractivity contribution in [3.05, 3.63) is 34.4 Å². The summed E-state index contributed by atoms with van der Waals surface area (Å²) in [5.41, 5.74) is 17.4. The predicted octanol–water partition coefficient (Wildman–Crippen LogP) is 1.45. The molecule has 82 valence electrons. The lowest BCUT2D eigenvalue weighted by Gasteiger charge is -2.34. The molecule has 1 aliphatic carbocycles. The van der Waals surface area contributed by atoms with Gasteiger partial charge >= 0.3 is 0 Å². The Labute approximate surface area is 91.7 Å². The van der Waals surface area contributed by atoms with E-state index in [0.29, 0.717) is 6.54 Å². The lowest BCUT2D eigenvalue weighted by atomic mass is 9.77. The minimum absolute atomic E-state index is 0.172. The number of aryl methyl sites for hydroxylation is 3. The van der Waals surface area contributed by atoms with Gasteiger partial charge in [0.2, 0.25) is 0 Å². The molecule has 1 atom stereocenters. The third-order valence-electron chi connectivity index (χ3n) is 3.66. The number of rotatable bonds is 1. The van der Waals surface area contributed by atoms with Crippen LogP contribution in [0.5, 0.6) is 0 Å². The average molecular weight is 204 g/mol. The molecule has 0 amide bonds. The second kappa shape index (κ2) is 3.62. The molecule has 2 rings (SSSR count). The van der Waals surface area contributed by atoms with Crippen molar-refractivity contribution in [1.29, 1.82) is 0 Å². The Morgan fingerprint density at radius 3 is 2.40 bits per heavy atom. The average Bonchev–Trinajstić information content (AvgIpc) is 2.21. The number of nitrogens with two attached hydrogens (primary N) is 2. The molecule has 0 aliphatic heterocycles. The first-order valence-electron chi connectivity index (χ1n) is 5.62. The zero-order chi connectivity index (χ0) is 11.1. The van der Waals surface area contributed by atoms with Crippen molar-refractivity contribution in [3.8, 4) is 0 Å². The Hall–Kier alpha value is -0.860. The molecule has 0 aromatic heterocycles. The molecule has 1 aromatic rings. The van der Waals surface area contributed by atoms with Crippen LogP contribution in [0, 0.1) is 13.8 Å². The molecule has 0 saturated heterocycles. The summed E-state index contributed by atoms with van der Waals surface area (Å²) in [6.07, 6.45) is 3.02. The lowest BCUT2D eigenvalue weighted by molar-refractivity contribution is 0.381. The topological polar surface area (TPSA) is 52.0 Å². The Morgan fingerprint density at radius 1 is 1.20 bits per heavy atom. The summed E-state index contributed by atoms with van der Waals surface area (Å²) in [7, 11) is 0. The van der Waals surface area contributed by atoms with Gasteiger partial charge in [-0.3, -0.25) is 0 Å². The fourth-order valence-corrected chi connectivity index (χ4v) is 2.36. The van der Waals surface area contributed by atoms with Crippen LogP contribution in [0.25, 0.3) is 0 Å². The molecule has 0 fully saturated rings. The van der Waals surface area contributed by atoms with E-state index in [2.05, 4.69) is 26.0 Å². The van der Waals surface area contributed by atoms with Crippen LogP contribution in [-0.4, -0.2) is 12.1 Å². The van der Waals surface area contributed by atoms with Crippen LogP contribution < -0.4 is 11.5 Å². The zero-order valence-electron chi connectivity index (χ0n) is 9.64. The maximum Gasteiger partial charge on any atom is 0.0322 e. The molecule has 0 bridgehead atoms. The minimum Gasteiger partial charge on any atom is -0.329 e. The second-order valence-electron chi connectivity index (χ2n) is 4.95.